The average molecular weight is 342 g/mol. The molecule has 2 rings (SSSR count). The van der Waals surface area contributed by atoms with Crippen LogP contribution in [0.15, 0.2) is 40.2 Å². The number of nitrogens with one attached hydrogen (secondary N) is 1. The van der Waals surface area contributed by atoms with E-state index in [1.54, 1.807) is 17.4 Å². The number of rotatable bonds is 4. The van der Waals surface area contributed by atoms with Crippen LogP contribution in [0.25, 0.3) is 0 Å². The maximum absolute atomic E-state index is 13.4. The monoisotopic (exact) mass is 341 g/mol. The Morgan fingerprint density at radius 1 is 1.47 bits per heavy atom. The largest absolute Gasteiger partial charge is 0.349 e. The third kappa shape index (κ3) is 3.88. The van der Waals surface area contributed by atoms with Gasteiger partial charge in [-0.05, 0) is 52.5 Å². The van der Waals surface area contributed by atoms with E-state index in [9.17, 15) is 9.18 Å². The molecule has 1 aromatic carbocycles. The summed E-state index contributed by atoms with van der Waals surface area (Å²) in [7, 11) is 0. The van der Waals surface area contributed by atoms with Gasteiger partial charge in [-0.1, -0.05) is 6.07 Å². The lowest BCUT2D eigenvalue weighted by atomic mass is 10.1. The second-order valence-corrected chi connectivity index (χ2v) is 6.17. The predicted octanol–water partition coefficient (Wildman–Crippen LogP) is 4.01. The predicted molar refractivity (Wildman–Crippen MR) is 79.1 cm³/mol. The zero-order valence-electron chi connectivity index (χ0n) is 10.3. The van der Waals surface area contributed by atoms with Gasteiger partial charge < -0.3 is 5.32 Å². The molecule has 0 aliphatic heterocycles. The molecule has 0 saturated heterocycles. The van der Waals surface area contributed by atoms with Gasteiger partial charge in [-0.25, -0.2) is 4.39 Å². The van der Waals surface area contributed by atoms with Crippen LogP contribution in [0.4, 0.5) is 4.39 Å². The molecule has 1 unspecified atom stereocenters. The Morgan fingerprint density at radius 3 is 2.89 bits per heavy atom. The summed E-state index contributed by atoms with van der Waals surface area (Å²) in [5, 5.41) is 4.87. The van der Waals surface area contributed by atoms with Crippen molar-refractivity contribution in [3.63, 3.8) is 0 Å². The summed E-state index contributed by atoms with van der Waals surface area (Å²) in [6, 6.07) is 8.40. The van der Waals surface area contributed by atoms with Crippen molar-refractivity contribution in [2.75, 3.05) is 0 Å². The maximum atomic E-state index is 13.4. The van der Waals surface area contributed by atoms with Gasteiger partial charge >= 0.3 is 0 Å². The van der Waals surface area contributed by atoms with E-state index in [0.29, 0.717) is 10.0 Å². The van der Waals surface area contributed by atoms with Crippen LogP contribution in [0.3, 0.4) is 0 Å². The van der Waals surface area contributed by atoms with Gasteiger partial charge in [0, 0.05) is 22.9 Å². The Bertz CT molecular complexity index is 571. The van der Waals surface area contributed by atoms with Crippen LogP contribution in [0.5, 0.6) is 0 Å². The summed E-state index contributed by atoms with van der Waals surface area (Å²) in [6.07, 6.45) is 0.780. The van der Waals surface area contributed by atoms with Crippen molar-refractivity contribution >= 4 is 33.2 Å². The van der Waals surface area contributed by atoms with Crippen molar-refractivity contribution in [2.45, 2.75) is 19.4 Å². The minimum atomic E-state index is -0.432. The number of carbonyl (C=O) groups is 1. The van der Waals surface area contributed by atoms with Gasteiger partial charge in [0.25, 0.3) is 5.91 Å². The zero-order chi connectivity index (χ0) is 13.8. The highest BCUT2D eigenvalue weighted by molar-refractivity contribution is 9.10. The summed E-state index contributed by atoms with van der Waals surface area (Å²) in [5.41, 5.74) is 0.332. The molecule has 0 aliphatic carbocycles. The first-order valence-electron chi connectivity index (χ1n) is 5.84. The van der Waals surface area contributed by atoms with Crippen molar-refractivity contribution in [3.8, 4) is 0 Å². The van der Waals surface area contributed by atoms with Gasteiger partial charge in [-0.3, -0.25) is 4.79 Å². The second kappa shape index (κ2) is 6.30. The van der Waals surface area contributed by atoms with Gasteiger partial charge in [-0.2, -0.15) is 0 Å². The molecule has 1 amide bonds. The highest BCUT2D eigenvalue weighted by Gasteiger charge is 2.12. The normalized spacial score (nSPS) is 12.2. The Hall–Kier alpha value is -1.20. The number of hydrogen-bond donors (Lipinski definition) is 1. The molecule has 0 radical (unpaired) electrons. The van der Waals surface area contributed by atoms with Crippen LogP contribution in [0, 0.1) is 5.82 Å². The number of benzene rings is 1. The van der Waals surface area contributed by atoms with Crippen LogP contribution in [0.1, 0.15) is 22.2 Å². The van der Waals surface area contributed by atoms with Crippen molar-refractivity contribution in [1.82, 2.24) is 5.32 Å². The molecule has 2 nitrogen and oxygen atoms in total. The lowest BCUT2D eigenvalue weighted by Gasteiger charge is -2.13. The minimum absolute atomic E-state index is 0.0119. The number of amides is 1. The van der Waals surface area contributed by atoms with Crippen molar-refractivity contribution in [2.24, 2.45) is 0 Å². The molecule has 1 heterocycles. The second-order valence-electron chi connectivity index (χ2n) is 4.29. The van der Waals surface area contributed by atoms with Crippen LogP contribution < -0.4 is 5.32 Å². The van der Waals surface area contributed by atoms with Gasteiger partial charge in [0.05, 0.1) is 4.47 Å². The smallest absolute Gasteiger partial charge is 0.251 e. The molecule has 2 aromatic rings. The SMILES string of the molecule is CC(Cc1cccs1)NC(=O)c1ccc(Br)c(F)c1. The van der Waals surface area contributed by atoms with E-state index in [1.165, 1.54) is 17.0 Å². The molecule has 19 heavy (non-hydrogen) atoms. The van der Waals surface area contributed by atoms with Gasteiger partial charge in [-0.15, -0.1) is 11.3 Å². The maximum Gasteiger partial charge on any atom is 0.251 e. The number of carbonyl (C=O) groups excluding carboxylic acids is 1. The average Bonchev–Trinajstić information content (AvgIpc) is 2.85. The standard InChI is InChI=1S/C14H13BrFNOS/c1-9(7-11-3-2-6-19-11)17-14(18)10-4-5-12(15)13(16)8-10/h2-6,8-9H,7H2,1H3,(H,17,18). The topological polar surface area (TPSA) is 29.1 Å². The first-order valence-corrected chi connectivity index (χ1v) is 7.52. The lowest BCUT2D eigenvalue weighted by Crippen LogP contribution is -2.33. The number of hydrogen-bond acceptors (Lipinski definition) is 2. The molecule has 1 atom stereocenters. The van der Waals surface area contributed by atoms with Crippen molar-refractivity contribution in [3.05, 3.63) is 56.4 Å². The highest BCUT2D eigenvalue weighted by Crippen LogP contribution is 2.17. The van der Waals surface area contributed by atoms with Crippen molar-refractivity contribution in [1.29, 1.82) is 0 Å². The van der Waals surface area contributed by atoms with Crippen LogP contribution in [0.2, 0.25) is 0 Å². The van der Waals surface area contributed by atoms with E-state index >= 15 is 0 Å². The van der Waals surface area contributed by atoms with Gasteiger partial charge in [0.15, 0.2) is 0 Å². The van der Waals surface area contributed by atoms with Gasteiger partial charge in [0.2, 0.25) is 0 Å². The first kappa shape index (κ1) is 14.2. The summed E-state index contributed by atoms with van der Waals surface area (Å²) < 4.78 is 13.7. The first-order chi connectivity index (χ1) is 9.06. The minimum Gasteiger partial charge on any atom is -0.349 e. The third-order valence-corrected chi connectivity index (χ3v) is 4.19. The number of halogens is 2. The quantitative estimate of drug-likeness (QED) is 0.894. The fourth-order valence-corrected chi connectivity index (χ4v) is 2.81. The molecule has 0 saturated carbocycles. The Balaban J connectivity index is 1.98. The van der Waals surface area contributed by atoms with Crippen LogP contribution >= 0.6 is 27.3 Å². The van der Waals surface area contributed by atoms with Crippen LogP contribution in [-0.4, -0.2) is 11.9 Å². The lowest BCUT2D eigenvalue weighted by molar-refractivity contribution is 0.0939. The fraction of sp³-hybridized carbons (Fsp3) is 0.214. The van der Waals surface area contributed by atoms with E-state index in [1.807, 2.05) is 24.4 Å². The zero-order valence-corrected chi connectivity index (χ0v) is 12.7. The van der Waals surface area contributed by atoms with E-state index in [-0.39, 0.29) is 11.9 Å². The third-order valence-electron chi connectivity index (χ3n) is 2.65. The summed E-state index contributed by atoms with van der Waals surface area (Å²) in [4.78, 5) is 13.2. The summed E-state index contributed by atoms with van der Waals surface area (Å²) in [6.45, 7) is 1.94. The van der Waals surface area contributed by atoms with E-state index in [2.05, 4.69) is 21.2 Å². The molecule has 5 heteroatoms. The van der Waals surface area contributed by atoms with Gasteiger partial charge in [0.1, 0.15) is 5.82 Å². The van der Waals surface area contributed by atoms with E-state index < -0.39 is 5.82 Å². The molecular formula is C14H13BrFNOS. The number of thiophene rings is 1. The van der Waals surface area contributed by atoms with Crippen LogP contribution in [-0.2, 0) is 6.42 Å². The van der Waals surface area contributed by atoms with Crippen molar-refractivity contribution < 1.29 is 9.18 Å². The van der Waals surface area contributed by atoms with E-state index in [4.69, 9.17) is 0 Å². The summed E-state index contributed by atoms with van der Waals surface area (Å²) in [5.74, 6) is -0.686. The molecule has 1 aromatic heterocycles. The molecule has 100 valence electrons. The molecule has 0 spiro atoms. The Morgan fingerprint density at radius 2 is 2.26 bits per heavy atom. The Labute approximate surface area is 123 Å². The highest BCUT2D eigenvalue weighted by atomic mass is 79.9. The molecule has 0 aliphatic rings. The Kier molecular flexibility index (Phi) is 4.71. The summed E-state index contributed by atoms with van der Waals surface area (Å²) >= 11 is 4.72. The molecular weight excluding hydrogens is 329 g/mol. The molecule has 0 bridgehead atoms. The van der Waals surface area contributed by atoms with E-state index in [0.717, 1.165) is 6.42 Å². The molecule has 1 N–H and O–H groups in total. The molecule has 0 fully saturated rings. The fourth-order valence-electron chi connectivity index (χ4n) is 1.73.